The molecule has 0 fully saturated rings. The van der Waals surface area contributed by atoms with E-state index in [9.17, 15) is 43.2 Å². The molecule has 3 N–H and O–H groups in total. The highest BCUT2D eigenvalue weighted by Crippen LogP contribution is 2.45. The number of phosphoric ester groups is 2. The van der Waals surface area contributed by atoms with Gasteiger partial charge in [0.05, 0.1) is 26.4 Å². The Morgan fingerprint density at radius 2 is 0.540 bits per heavy atom. The Labute approximate surface area is 612 Å². The number of unbranched alkanes of at least 4 members (excludes halogenated alkanes) is 48. The number of carbonyl (C=O) groups excluding carboxylic acids is 4. The zero-order chi connectivity index (χ0) is 73.4. The summed E-state index contributed by atoms with van der Waals surface area (Å²) in [5, 5.41) is 10.6. The van der Waals surface area contributed by atoms with Crippen molar-refractivity contribution in [2.75, 3.05) is 39.6 Å². The van der Waals surface area contributed by atoms with Gasteiger partial charge in [-0.15, -0.1) is 0 Å². The van der Waals surface area contributed by atoms with E-state index in [1.54, 1.807) is 0 Å². The van der Waals surface area contributed by atoms with Crippen molar-refractivity contribution < 1.29 is 80.2 Å². The van der Waals surface area contributed by atoms with Crippen LogP contribution in [-0.2, 0) is 65.4 Å². The first-order valence-corrected chi connectivity index (χ1v) is 44.4. The molecule has 0 aliphatic rings. The minimum Gasteiger partial charge on any atom is -0.462 e. The lowest BCUT2D eigenvalue weighted by molar-refractivity contribution is -0.161. The van der Waals surface area contributed by atoms with Gasteiger partial charge in [0.2, 0.25) is 0 Å². The number of rotatable bonds is 79. The van der Waals surface area contributed by atoms with Crippen molar-refractivity contribution >= 4 is 39.5 Å². The van der Waals surface area contributed by atoms with Gasteiger partial charge in [0.15, 0.2) is 12.2 Å². The van der Waals surface area contributed by atoms with E-state index in [2.05, 4.69) is 58.9 Å². The lowest BCUT2D eigenvalue weighted by atomic mass is 10.0. The zero-order valence-electron chi connectivity index (χ0n) is 64.8. The highest BCUT2D eigenvalue weighted by molar-refractivity contribution is 7.47. The van der Waals surface area contributed by atoms with E-state index in [0.717, 1.165) is 115 Å². The van der Waals surface area contributed by atoms with Gasteiger partial charge >= 0.3 is 39.5 Å². The summed E-state index contributed by atoms with van der Waals surface area (Å²) in [6.45, 7) is 7.28. The van der Waals surface area contributed by atoms with Crippen LogP contribution in [0.3, 0.4) is 0 Å². The van der Waals surface area contributed by atoms with Gasteiger partial charge in [0.25, 0.3) is 0 Å². The molecule has 0 spiro atoms. The van der Waals surface area contributed by atoms with Gasteiger partial charge in [-0.3, -0.25) is 37.3 Å². The molecule has 0 aliphatic carbocycles. The number of carbonyl (C=O) groups is 4. The number of allylic oxidation sites excluding steroid dienone is 4. The second kappa shape index (κ2) is 73.4. The van der Waals surface area contributed by atoms with Crippen LogP contribution in [0.2, 0.25) is 0 Å². The van der Waals surface area contributed by atoms with Gasteiger partial charge in [-0.2, -0.15) is 0 Å². The summed E-state index contributed by atoms with van der Waals surface area (Å²) in [5.41, 5.74) is 0. The van der Waals surface area contributed by atoms with Crippen molar-refractivity contribution in [1.82, 2.24) is 0 Å². The average molecular weight is 1460 g/mol. The lowest BCUT2D eigenvalue weighted by Crippen LogP contribution is -2.30. The van der Waals surface area contributed by atoms with Gasteiger partial charge in [0, 0.05) is 25.7 Å². The SMILES string of the molecule is CCCCCC/C=C\C=C/CCCCCCCC(=O)OC[C@H](COP(=O)(O)OC[C@@H](O)COP(=O)(O)OC[C@@H](COC(=O)CCCCCCCCCCCCCC)OC(=O)CCCCCCCCCCCCCCC(C)C)OC(=O)CCCCCCCCCCCCCCCCCCCC. The van der Waals surface area contributed by atoms with E-state index in [-0.39, 0.29) is 25.7 Å². The molecule has 0 bridgehead atoms. The average Bonchev–Trinajstić information content (AvgIpc) is 0.963. The maximum atomic E-state index is 13.1. The van der Waals surface area contributed by atoms with Crippen LogP contribution in [0.5, 0.6) is 0 Å². The molecule has 0 heterocycles. The van der Waals surface area contributed by atoms with Crippen molar-refractivity contribution in [2.24, 2.45) is 5.92 Å². The molecule has 590 valence electrons. The van der Waals surface area contributed by atoms with E-state index >= 15 is 0 Å². The first-order chi connectivity index (χ1) is 48.5. The number of esters is 4. The topological polar surface area (TPSA) is 237 Å². The maximum absolute atomic E-state index is 13.1. The monoisotopic (exact) mass is 1460 g/mol. The van der Waals surface area contributed by atoms with Crippen molar-refractivity contribution in [3.8, 4) is 0 Å². The molecule has 0 saturated heterocycles. The summed E-state index contributed by atoms with van der Waals surface area (Å²) < 4.78 is 68.7. The highest BCUT2D eigenvalue weighted by atomic mass is 31.2. The third kappa shape index (κ3) is 73.8. The van der Waals surface area contributed by atoms with Gasteiger partial charge in [0.1, 0.15) is 19.3 Å². The first kappa shape index (κ1) is 97.5. The Morgan fingerprint density at radius 3 is 0.820 bits per heavy atom. The van der Waals surface area contributed by atoms with Crippen LogP contribution in [0.1, 0.15) is 407 Å². The molecule has 17 nitrogen and oxygen atoms in total. The molecule has 2 unspecified atom stereocenters. The fourth-order valence-corrected chi connectivity index (χ4v) is 13.6. The molecule has 0 saturated carbocycles. The number of phosphoric acid groups is 2. The quantitative estimate of drug-likeness (QED) is 0.0169. The number of aliphatic hydroxyl groups is 1. The minimum atomic E-state index is -4.97. The Balaban J connectivity index is 5.29. The molecular formula is C81H154O17P2. The van der Waals surface area contributed by atoms with Crippen LogP contribution < -0.4 is 0 Å². The minimum absolute atomic E-state index is 0.102. The van der Waals surface area contributed by atoms with E-state index in [0.29, 0.717) is 25.7 Å². The van der Waals surface area contributed by atoms with Gasteiger partial charge in [-0.1, -0.05) is 354 Å². The summed E-state index contributed by atoms with van der Waals surface area (Å²) in [4.78, 5) is 73.0. The smallest absolute Gasteiger partial charge is 0.462 e. The Morgan fingerprint density at radius 1 is 0.310 bits per heavy atom. The van der Waals surface area contributed by atoms with Crippen LogP contribution in [-0.4, -0.2) is 96.7 Å². The van der Waals surface area contributed by atoms with Crippen molar-refractivity contribution in [3.05, 3.63) is 24.3 Å². The number of hydrogen-bond donors (Lipinski definition) is 3. The fraction of sp³-hybridized carbons (Fsp3) is 0.901. The van der Waals surface area contributed by atoms with Crippen LogP contribution >= 0.6 is 15.6 Å². The first-order valence-electron chi connectivity index (χ1n) is 41.5. The van der Waals surface area contributed by atoms with Gasteiger partial charge < -0.3 is 33.8 Å². The number of ether oxygens (including phenoxy) is 4. The second-order valence-electron chi connectivity index (χ2n) is 29.0. The van der Waals surface area contributed by atoms with E-state index in [1.807, 2.05) is 0 Å². The van der Waals surface area contributed by atoms with E-state index in [1.165, 1.54) is 212 Å². The van der Waals surface area contributed by atoms with Gasteiger partial charge in [-0.05, 0) is 57.3 Å². The fourth-order valence-electron chi connectivity index (χ4n) is 12.0. The summed E-state index contributed by atoms with van der Waals surface area (Å²) in [6.07, 6.45) is 67.3. The van der Waals surface area contributed by atoms with Crippen LogP contribution in [0.4, 0.5) is 0 Å². The predicted molar refractivity (Wildman–Crippen MR) is 409 cm³/mol. The summed E-state index contributed by atoms with van der Waals surface area (Å²) in [6, 6.07) is 0. The van der Waals surface area contributed by atoms with Crippen LogP contribution in [0, 0.1) is 5.92 Å². The summed E-state index contributed by atoms with van der Waals surface area (Å²) in [7, 11) is -9.93. The van der Waals surface area contributed by atoms with Crippen LogP contribution in [0.25, 0.3) is 0 Å². The largest absolute Gasteiger partial charge is 0.472 e. The molecule has 0 aromatic heterocycles. The molecule has 0 rings (SSSR count). The third-order valence-corrected chi connectivity index (χ3v) is 20.3. The molecule has 0 aliphatic heterocycles. The summed E-state index contributed by atoms with van der Waals surface area (Å²) in [5.74, 6) is -1.36. The van der Waals surface area contributed by atoms with Crippen molar-refractivity contribution in [3.63, 3.8) is 0 Å². The Hall–Kier alpha value is -2.46. The standard InChI is InChI=1S/C81H154O17P2/c1-6-9-12-15-18-21-24-27-29-30-31-33-35-41-46-51-56-61-66-80(85)97-77(71-92-79(84)65-60-55-50-45-40-34-32-28-25-22-19-16-13-10-7-2)73-96-100(89,90)94-69-75(82)68-93-99(87,88)95-72-76(70-91-78(83)64-59-54-49-44-39-26-23-20-17-14-11-8-3)98-81(86)67-62-57-52-47-42-37-36-38-43-48-53-58-63-74(4)5/h22,25,28,32,74-77,82H,6-21,23-24,26-27,29-31,33-73H2,1-5H3,(H,87,88)(H,89,90)/b25-22-,32-28-/t75-,76+,77+/m0/s1. The molecule has 0 radical (unpaired) electrons. The summed E-state index contributed by atoms with van der Waals surface area (Å²) >= 11 is 0. The zero-order valence-corrected chi connectivity index (χ0v) is 66.6. The normalized spacial score (nSPS) is 14.0. The molecule has 100 heavy (non-hydrogen) atoms. The van der Waals surface area contributed by atoms with E-state index < -0.39 is 97.5 Å². The van der Waals surface area contributed by atoms with Crippen molar-refractivity contribution in [2.45, 2.75) is 425 Å². The van der Waals surface area contributed by atoms with Gasteiger partial charge in [-0.25, -0.2) is 9.13 Å². The van der Waals surface area contributed by atoms with Crippen molar-refractivity contribution in [1.29, 1.82) is 0 Å². The highest BCUT2D eigenvalue weighted by Gasteiger charge is 2.30. The molecule has 19 heteroatoms. The maximum Gasteiger partial charge on any atom is 0.472 e. The Kier molecular flexibility index (Phi) is 71.6. The second-order valence-corrected chi connectivity index (χ2v) is 31.9. The van der Waals surface area contributed by atoms with Crippen LogP contribution in [0.15, 0.2) is 24.3 Å². The third-order valence-electron chi connectivity index (χ3n) is 18.4. The Bertz CT molecular complexity index is 2000. The molecule has 0 aromatic rings. The lowest BCUT2D eigenvalue weighted by Gasteiger charge is -2.21. The number of aliphatic hydroxyl groups excluding tert-OH is 1. The van der Waals surface area contributed by atoms with E-state index in [4.69, 9.17) is 37.0 Å². The predicted octanol–water partition coefficient (Wildman–Crippen LogP) is 24.0. The number of hydrogen-bond acceptors (Lipinski definition) is 15. The molecular weight excluding hydrogens is 1310 g/mol. The molecule has 0 amide bonds. The molecule has 5 atom stereocenters. The molecule has 0 aromatic carbocycles.